The molecule has 1 fully saturated rings. The number of nitrogens with one attached hydrogen (secondary N) is 1. The highest BCUT2D eigenvalue weighted by atomic mass is 35.5. The van der Waals surface area contributed by atoms with Gasteiger partial charge in [-0.2, -0.15) is 9.97 Å². The number of halogens is 3. The first-order chi connectivity index (χ1) is 13.6. The van der Waals surface area contributed by atoms with Crippen LogP contribution in [0, 0.1) is 11.6 Å². The summed E-state index contributed by atoms with van der Waals surface area (Å²) < 4.78 is 35.0. The third-order valence-electron chi connectivity index (χ3n) is 4.69. The zero-order valence-electron chi connectivity index (χ0n) is 15.0. The fourth-order valence-corrected chi connectivity index (χ4v) is 3.32. The van der Waals surface area contributed by atoms with Crippen molar-refractivity contribution in [2.75, 3.05) is 38.2 Å². The third kappa shape index (κ3) is 4.06. The number of anilines is 1. The van der Waals surface area contributed by atoms with Crippen LogP contribution in [-0.4, -0.2) is 57.3 Å². The second-order valence-corrected chi connectivity index (χ2v) is 6.80. The predicted molar refractivity (Wildman–Crippen MR) is 101 cm³/mol. The maximum atomic E-state index is 13.9. The van der Waals surface area contributed by atoms with Crippen molar-refractivity contribution in [3.05, 3.63) is 47.0 Å². The van der Waals surface area contributed by atoms with Gasteiger partial charge in [0.1, 0.15) is 11.6 Å². The molecule has 3 aromatic rings. The van der Waals surface area contributed by atoms with Crippen LogP contribution in [-0.2, 0) is 17.8 Å². The number of fused-ring (bicyclic) bond motifs is 1. The SMILES string of the molecule is Fc1cccc(F)c1CNc1nc(Cl)nc2c1ncn2CCN1CCOCC1. The molecule has 0 unspecified atom stereocenters. The average Bonchev–Trinajstić information content (AvgIpc) is 3.09. The number of hydrogen-bond donors (Lipinski definition) is 1. The van der Waals surface area contributed by atoms with E-state index in [1.165, 1.54) is 18.2 Å². The van der Waals surface area contributed by atoms with Crippen molar-refractivity contribution in [2.24, 2.45) is 0 Å². The Balaban J connectivity index is 1.53. The van der Waals surface area contributed by atoms with Crippen LogP contribution >= 0.6 is 11.6 Å². The number of nitrogens with zero attached hydrogens (tertiary/aromatic N) is 5. The van der Waals surface area contributed by atoms with E-state index in [-0.39, 0.29) is 17.4 Å². The minimum Gasteiger partial charge on any atom is -0.379 e. The number of rotatable bonds is 6. The van der Waals surface area contributed by atoms with E-state index in [0.29, 0.717) is 23.5 Å². The molecule has 1 aliphatic heterocycles. The summed E-state index contributed by atoms with van der Waals surface area (Å²) in [5, 5.41) is 2.97. The molecule has 0 amide bonds. The van der Waals surface area contributed by atoms with Gasteiger partial charge in [0.25, 0.3) is 0 Å². The fraction of sp³-hybridized carbons (Fsp3) is 0.389. The first-order valence-electron chi connectivity index (χ1n) is 8.97. The van der Waals surface area contributed by atoms with Gasteiger partial charge in [-0.05, 0) is 23.7 Å². The number of benzene rings is 1. The Morgan fingerprint density at radius 2 is 1.86 bits per heavy atom. The second kappa shape index (κ2) is 8.34. The molecule has 2 aromatic heterocycles. The van der Waals surface area contributed by atoms with Gasteiger partial charge >= 0.3 is 0 Å². The third-order valence-corrected chi connectivity index (χ3v) is 4.86. The topological polar surface area (TPSA) is 68.1 Å². The predicted octanol–water partition coefficient (Wildman–Crippen LogP) is 2.70. The van der Waals surface area contributed by atoms with Gasteiger partial charge in [0.2, 0.25) is 5.28 Å². The zero-order valence-corrected chi connectivity index (χ0v) is 15.8. The normalized spacial score (nSPS) is 15.2. The summed E-state index contributed by atoms with van der Waals surface area (Å²) in [5.74, 6) is -0.914. The van der Waals surface area contributed by atoms with Crippen molar-refractivity contribution in [3.8, 4) is 0 Å². The Morgan fingerprint density at radius 1 is 1.11 bits per heavy atom. The summed E-state index contributed by atoms with van der Waals surface area (Å²) in [4.78, 5) is 15.1. The highest BCUT2D eigenvalue weighted by Crippen LogP contribution is 2.22. The van der Waals surface area contributed by atoms with Crippen molar-refractivity contribution < 1.29 is 13.5 Å². The summed E-state index contributed by atoms with van der Waals surface area (Å²) in [5.41, 5.74) is 1.00. The lowest BCUT2D eigenvalue weighted by Crippen LogP contribution is -2.38. The molecule has 0 aliphatic carbocycles. The van der Waals surface area contributed by atoms with E-state index >= 15 is 0 Å². The molecule has 0 spiro atoms. The molecule has 1 saturated heterocycles. The Hall–Kier alpha value is -2.36. The van der Waals surface area contributed by atoms with E-state index in [0.717, 1.165) is 32.8 Å². The van der Waals surface area contributed by atoms with E-state index < -0.39 is 11.6 Å². The van der Waals surface area contributed by atoms with Crippen LogP contribution in [0.4, 0.5) is 14.6 Å². The molecule has 1 N–H and O–H groups in total. The second-order valence-electron chi connectivity index (χ2n) is 6.46. The van der Waals surface area contributed by atoms with E-state index in [1.807, 2.05) is 4.57 Å². The highest BCUT2D eigenvalue weighted by molar-refractivity contribution is 6.28. The molecule has 3 heterocycles. The fourth-order valence-electron chi connectivity index (χ4n) is 3.15. The lowest BCUT2D eigenvalue weighted by Gasteiger charge is -2.26. The summed E-state index contributed by atoms with van der Waals surface area (Å²) in [6.07, 6.45) is 1.67. The van der Waals surface area contributed by atoms with Gasteiger partial charge in [0.05, 0.1) is 19.5 Å². The smallest absolute Gasteiger partial charge is 0.226 e. The molecule has 0 saturated carbocycles. The highest BCUT2D eigenvalue weighted by Gasteiger charge is 2.16. The molecule has 28 heavy (non-hydrogen) atoms. The van der Waals surface area contributed by atoms with Crippen molar-refractivity contribution in [1.82, 2.24) is 24.4 Å². The Labute approximate surface area is 165 Å². The molecule has 1 aromatic carbocycles. The molecule has 0 radical (unpaired) electrons. The van der Waals surface area contributed by atoms with Crippen molar-refractivity contribution in [2.45, 2.75) is 13.1 Å². The summed E-state index contributed by atoms with van der Waals surface area (Å²) in [7, 11) is 0. The van der Waals surface area contributed by atoms with Crippen LogP contribution in [0.15, 0.2) is 24.5 Å². The van der Waals surface area contributed by atoms with Crippen molar-refractivity contribution in [3.63, 3.8) is 0 Å². The number of morpholine rings is 1. The molecule has 10 heteroatoms. The molecule has 4 rings (SSSR count). The minimum absolute atomic E-state index is 0.0390. The first-order valence-corrected chi connectivity index (χ1v) is 9.35. The number of hydrogen-bond acceptors (Lipinski definition) is 6. The standard InChI is InChI=1S/C18H19ClF2N6O/c19-18-24-16(22-10-12-13(20)2-1-3-14(12)21)15-17(25-18)27(11-23-15)5-4-26-6-8-28-9-7-26/h1-3,11H,4-10H2,(H,22,24,25). The number of imidazole rings is 1. The van der Waals surface area contributed by atoms with E-state index in [1.54, 1.807) is 6.33 Å². The van der Waals surface area contributed by atoms with Gasteiger partial charge in [-0.15, -0.1) is 0 Å². The molecule has 1 aliphatic rings. The molecule has 148 valence electrons. The van der Waals surface area contributed by atoms with Crippen LogP contribution < -0.4 is 5.32 Å². The number of aromatic nitrogens is 4. The Morgan fingerprint density at radius 3 is 2.61 bits per heavy atom. The van der Waals surface area contributed by atoms with Crippen LogP contribution in [0.25, 0.3) is 11.2 Å². The Kier molecular flexibility index (Phi) is 5.65. The molecule has 7 nitrogen and oxygen atoms in total. The monoisotopic (exact) mass is 408 g/mol. The van der Waals surface area contributed by atoms with Crippen LogP contribution in [0.2, 0.25) is 5.28 Å². The zero-order chi connectivity index (χ0) is 19.5. The Bertz CT molecular complexity index is 956. The van der Waals surface area contributed by atoms with Crippen molar-refractivity contribution in [1.29, 1.82) is 0 Å². The van der Waals surface area contributed by atoms with Crippen molar-refractivity contribution >= 4 is 28.6 Å². The summed E-state index contributed by atoms with van der Waals surface area (Å²) in [6.45, 7) is 4.69. The van der Waals surface area contributed by atoms with Gasteiger partial charge in [0, 0.05) is 38.3 Å². The summed E-state index contributed by atoms with van der Waals surface area (Å²) in [6, 6.07) is 3.75. The first kappa shape index (κ1) is 19.0. The quantitative estimate of drug-likeness (QED) is 0.632. The summed E-state index contributed by atoms with van der Waals surface area (Å²) >= 11 is 6.07. The van der Waals surface area contributed by atoms with Crippen LogP contribution in [0.5, 0.6) is 0 Å². The molecule has 0 bridgehead atoms. The van der Waals surface area contributed by atoms with Gasteiger partial charge in [0.15, 0.2) is 17.0 Å². The van der Waals surface area contributed by atoms with E-state index in [9.17, 15) is 8.78 Å². The number of ether oxygens (including phenoxy) is 1. The van der Waals surface area contributed by atoms with E-state index in [2.05, 4.69) is 25.2 Å². The lowest BCUT2D eigenvalue weighted by molar-refractivity contribution is 0.0365. The molecular formula is C18H19ClF2N6O. The van der Waals surface area contributed by atoms with Crippen LogP contribution in [0.1, 0.15) is 5.56 Å². The van der Waals surface area contributed by atoms with Gasteiger partial charge in [-0.3, -0.25) is 4.90 Å². The largest absolute Gasteiger partial charge is 0.379 e. The van der Waals surface area contributed by atoms with Crippen LogP contribution in [0.3, 0.4) is 0 Å². The maximum absolute atomic E-state index is 13.9. The van der Waals surface area contributed by atoms with E-state index in [4.69, 9.17) is 16.3 Å². The van der Waals surface area contributed by atoms with Gasteiger partial charge < -0.3 is 14.6 Å². The maximum Gasteiger partial charge on any atom is 0.226 e. The lowest BCUT2D eigenvalue weighted by atomic mass is 10.2. The molecular weight excluding hydrogens is 390 g/mol. The van der Waals surface area contributed by atoms with Gasteiger partial charge in [-0.25, -0.2) is 13.8 Å². The average molecular weight is 409 g/mol. The van der Waals surface area contributed by atoms with Gasteiger partial charge in [-0.1, -0.05) is 6.07 Å². The molecule has 0 atom stereocenters. The minimum atomic E-state index is -0.625.